The second-order valence-corrected chi connectivity index (χ2v) is 3.77. The first-order valence-corrected chi connectivity index (χ1v) is 5.02. The van der Waals surface area contributed by atoms with Gasteiger partial charge in [-0.15, -0.1) is 0 Å². The Morgan fingerprint density at radius 2 is 1.92 bits per heavy atom. The summed E-state index contributed by atoms with van der Waals surface area (Å²) in [5, 5.41) is 3.31. The number of rotatable bonds is 3. The topological polar surface area (TPSA) is 29.1 Å². The lowest BCUT2D eigenvalue weighted by Crippen LogP contribution is -2.32. The SMILES string of the molecule is CC(=O)CNC1CCCCCC1.[HH]. The van der Waals surface area contributed by atoms with E-state index >= 15 is 0 Å². The van der Waals surface area contributed by atoms with Crippen LogP contribution in [0.5, 0.6) is 0 Å². The highest BCUT2D eigenvalue weighted by Crippen LogP contribution is 2.16. The molecule has 0 heterocycles. The summed E-state index contributed by atoms with van der Waals surface area (Å²) in [6.07, 6.45) is 7.92. The summed E-state index contributed by atoms with van der Waals surface area (Å²) in [4.78, 5) is 10.7. The number of nitrogens with one attached hydrogen (secondary N) is 1. The van der Waals surface area contributed by atoms with Gasteiger partial charge in [0, 0.05) is 7.47 Å². The molecule has 12 heavy (non-hydrogen) atoms. The Hall–Kier alpha value is -0.370. The summed E-state index contributed by atoms with van der Waals surface area (Å²) in [5.74, 6) is 0.249. The van der Waals surface area contributed by atoms with Crippen LogP contribution >= 0.6 is 0 Å². The molecule has 0 aromatic heterocycles. The highest BCUT2D eigenvalue weighted by atomic mass is 16.1. The molecule has 1 rings (SSSR count). The number of ketones is 1. The Kier molecular flexibility index (Phi) is 4.30. The molecule has 2 nitrogen and oxygen atoms in total. The van der Waals surface area contributed by atoms with E-state index in [9.17, 15) is 4.79 Å². The standard InChI is InChI=1S/C10H19NO.H2/c1-9(12)8-11-10-6-4-2-3-5-7-10;/h10-11H,2-8H2,1H3;1H. The van der Waals surface area contributed by atoms with Gasteiger partial charge in [-0.3, -0.25) is 4.79 Å². The predicted molar refractivity (Wildman–Crippen MR) is 52.3 cm³/mol. The first-order valence-electron chi connectivity index (χ1n) is 5.02. The number of hydrogen-bond acceptors (Lipinski definition) is 2. The van der Waals surface area contributed by atoms with Gasteiger partial charge in [0.25, 0.3) is 0 Å². The van der Waals surface area contributed by atoms with Gasteiger partial charge < -0.3 is 5.32 Å². The minimum absolute atomic E-state index is 0. The first kappa shape index (κ1) is 9.72. The van der Waals surface area contributed by atoms with Crippen LogP contribution in [0.2, 0.25) is 0 Å². The van der Waals surface area contributed by atoms with Crippen LogP contribution in [0.3, 0.4) is 0 Å². The number of carbonyl (C=O) groups is 1. The van der Waals surface area contributed by atoms with Crippen LogP contribution in [0.15, 0.2) is 0 Å². The number of hydrogen-bond donors (Lipinski definition) is 1. The monoisotopic (exact) mass is 171 g/mol. The summed E-state index contributed by atoms with van der Waals surface area (Å²) in [6.45, 7) is 2.20. The molecule has 72 valence electrons. The van der Waals surface area contributed by atoms with Crippen LogP contribution in [0.1, 0.15) is 46.9 Å². The minimum atomic E-state index is 0. The molecule has 1 fully saturated rings. The van der Waals surface area contributed by atoms with Crippen molar-refractivity contribution in [3.8, 4) is 0 Å². The molecular weight excluding hydrogens is 150 g/mol. The lowest BCUT2D eigenvalue weighted by atomic mass is 10.1. The molecule has 0 aromatic rings. The van der Waals surface area contributed by atoms with Gasteiger partial charge in [-0.2, -0.15) is 0 Å². The third-order valence-electron chi connectivity index (χ3n) is 2.49. The molecule has 0 aromatic carbocycles. The Balaban J connectivity index is 0.00000144. The van der Waals surface area contributed by atoms with E-state index in [2.05, 4.69) is 5.32 Å². The fourth-order valence-corrected chi connectivity index (χ4v) is 1.77. The molecule has 0 unspecified atom stereocenters. The lowest BCUT2D eigenvalue weighted by Gasteiger charge is -2.14. The second kappa shape index (κ2) is 5.31. The van der Waals surface area contributed by atoms with Crippen LogP contribution in [-0.2, 0) is 4.79 Å². The van der Waals surface area contributed by atoms with Crippen molar-refractivity contribution in [3.05, 3.63) is 0 Å². The van der Waals surface area contributed by atoms with Gasteiger partial charge in [0.2, 0.25) is 0 Å². The largest absolute Gasteiger partial charge is 0.307 e. The fourth-order valence-electron chi connectivity index (χ4n) is 1.77. The quantitative estimate of drug-likeness (QED) is 0.659. The van der Waals surface area contributed by atoms with Crippen molar-refractivity contribution >= 4 is 5.78 Å². The molecule has 0 spiro atoms. The van der Waals surface area contributed by atoms with Gasteiger partial charge in [0.15, 0.2) is 0 Å². The molecule has 1 N–H and O–H groups in total. The maximum absolute atomic E-state index is 10.7. The van der Waals surface area contributed by atoms with Crippen molar-refractivity contribution in [1.29, 1.82) is 0 Å². The van der Waals surface area contributed by atoms with Gasteiger partial charge in [0.05, 0.1) is 6.54 Å². The highest BCUT2D eigenvalue weighted by molar-refractivity contribution is 5.77. The number of Topliss-reactive ketones (excluding diaryl/α,β-unsaturated/α-hetero) is 1. The zero-order valence-corrected chi connectivity index (χ0v) is 7.94. The average Bonchev–Trinajstić information content (AvgIpc) is 2.28. The van der Waals surface area contributed by atoms with Gasteiger partial charge in [-0.05, 0) is 19.8 Å². The summed E-state index contributed by atoms with van der Waals surface area (Å²) >= 11 is 0. The van der Waals surface area contributed by atoms with Gasteiger partial charge in [0.1, 0.15) is 5.78 Å². The van der Waals surface area contributed by atoms with E-state index in [1.165, 1.54) is 38.5 Å². The summed E-state index contributed by atoms with van der Waals surface area (Å²) < 4.78 is 0. The Labute approximate surface area is 76.2 Å². The van der Waals surface area contributed by atoms with E-state index in [1.807, 2.05) is 0 Å². The molecule has 1 aliphatic rings. The molecular formula is C10H21NO. The minimum Gasteiger partial charge on any atom is -0.307 e. The summed E-state index contributed by atoms with van der Waals surface area (Å²) in [7, 11) is 0. The predicted octanol–water partition coefficient (Wildman–Crippen LogP) is 2.13. The molecule has 0 amide bonds. The van der Waals surface area contributed by atoms with E-state index in [0.717, 1.165) is 0 Å². The molecule has 0 atom stereocenters. The molecule has 1 saturated carbocycles. The van der Waals surface area contributed by atoms with E-state index in [-0.39, 0.29) is 7.21 Å². The van der Waals surface area contributed by atoms with Crippen molar-refractivity contribution in [2.24, 2.45) is 0 Å². The van der Waals surface area contributed by atoms with Crippen LogP contribution < -0.4 is 5.32 Å². The maximum Gasteiger partial charge on any atom is 0.143 e. The van der Waals surface area contributed by atoms with Crippen molar-refractivity contribution in [2.75, 3.05) is 6.54 Å². The van der Waals surface area contributed by atoms with Gasteiger partial charge >= 0.3 is 0 Å². The third-order valence-corrected chi connectivity index (χ3v) is 2.49. The van der Waals surface area contributed by atoms with E-state index in [0.29, 0.717) is 12.6 Å². The molecule has 0 bridgehead atoms. The summed E-state index contributed by atoms with van der Waals surface area (Å²) in [5.41, 5.74) is 0. The van der Waals surface area contributed by atoms with Crippen LogP contribution in [0, 0.1) is 0 Å². The van der Waals surface area contributed by atoms with E-state index in [4.69, 9.17) is 0 Å². The Bertz CT molecular complexity index is 142. The smallest absolute Gasteiger partial charge is 0.143 e. The van der Waals surface area contributed by atoms with Crippen molar-refractivity contribution in [1.82, 2.24) is 5.32 Å². The summed E-state index contributed by atoms with van der Waals surface area (Å²) in [6, 6.07) is 0.608. The average molecular weight is 171 g/mol. The Morgan fingerprint density at radius 3 is 2.42 bits per heavy atom. The fraction of sp³-hybridized carbons (Fsp3) is 0.900. The van der Waals surface area contributed by atoms with Crippen molar-refractivity contribution in [3.63, 3.8) is 0 Å². The van der Waals surface area contributed by atoms with Crippen LogP contribution in [0.4, 0.5) is 0 Å². The third kappa shape index (κ3) is 3.86. The van der Waals surface area contributed by atoms with Crippen molar-refractivity contribution < 1.29 is 6.22 Å². The van der Waals surface area contributed by atoms with Crippen LogP contribution in [-0.4, -0.2) is 18.4 Å². The zero-order chi connectivity index (χ0) is 8.81. The van der Waals surface area contributed by atoms with Crippen molar-refractivity contribution in [2.45, 2.75) is 51.5 Å². The highest BCUT2D eigenvalue weighted by Gasteiger charge is 2.11. The molecule has 2 heteroatoms. The first-order chi connectivity index (χ1) is 5.79. The number of carbonyl (C=O) groups excluding carboxylic acids is 1. The lowest BCUT2D eigenvalue weighted by molar-refractivity contribution is -0.116. The van der Waals surface area contributed by atoms with E-state index in [1.54, 1.807) is 6.92 Å². The van der Waals surface area contributed by atoms with Crippen LogP contribution in [0.25, 0.3) is 0 Å². The maximum atomic E-state index is 10.7. The zero-order valence-electron chi connectivity index (χ0n) is 7.94. The van der Waals surface area contributed by atoms with Gasteiger partial charge in [-0.25, -0.2) is 0 Å². The second-order valence-electron chi connectivity index (χ2n) is 3.77. The molecule has 0 saturated heterocycles. The van der Waals surface area contributed by atoms with E-state index < -0.39 is 0 Å². The Morgan fingerprint density at radius 1 is 1.33 bits per heavy atom. The molecule has 0 radical (unpaired) electrons. The molecule has 0 aliphatic heterocycles. The normalized spacial score (nSPS) is 20.4. The molecule has 1 aliphatic carbocycles. The van der Waals surface area contributed by atoms with Gasteiger partial charge in [-0.1, -0.05) is 25.7 Å².